The number of hydrogen-bond donors (Lipinski definition) is 1. The predicted molar refractivity (Wildman–Crippen MR) is 60.3 cm³/mol. The van der Waals surface area contributed by atoms with Crippen LogP contribution in [0.15, 0.2) is 18.2 Å². The zero-order valence-corrected chi connectivity index (χ0v) is 9.44. The molecule has 1 aromatic rings. The maximum absolute atomic E-state index is 13.5. The van der Waals surface area contributed by atoms with E-state index in [1.54, 1.807) is 13.0 Å². The average molecular weight is 207 g/mol. The summed E-state index contributed by atoms with van der Waals surface area (Å²) in [4.78, 5) is 0. The SMILES string of the molecule is CCC1(c2ccc(C)c(F)c2)CCCN1. The lowest BCUT2D eigenvalue weighted by atomic mass is 9.85. The van der Waals surface area contributed by atoms with Gasteiger partial charge < -0.3 is 5.32 Å². The highest BCUT2D eigenvalue weighted by molar-refractivity contribution is 5.30. The smallest absolute Gasteiger partial charge is 0.126 e. The highest BCUT2D eigenvalue weighted by Gasteiger charge is 2.33. The second-order valence-corrected chi connectivity index (χ2v) is 4.43. The minimum absolute atomic E-state index is 0.0224. The second-order valence-electron chi connectivity index (χ2n) is 4.43. The quantitative estimate of drug-likeness (QED) is 0.785. The molecular formula is C13H18FN. The molecule has 1 unspecified atom stereocenters. The molecule has 82 valence electrons. The molecule has 1 heterocycles. The molecule has 2 rings (SSSR count). The Hall–Kier alpha value is -0.890. The molecule has 1 atom stereocenters. The molecule has 0 aliphatic carbocycles. The van der Waals surface area contributed by atoms with E-state index < -0.39 is 0 Å². The van der Waals surface area contributed by atoms with Gasteiger partial charge in [0.1, 0.15) is 5.82 Å². The molecule has 0 amide bonds. The largest absolute Gasteiger partial charge is 0.307 e. The van der Waals surface area contributed by atoms with Crippen molar-refractivity contribution in [1.29, 1.82) is 0 Å². The van der Waals surface area contributed by atoms with Crippen molar-refractivity contribution in [3.8, 4) is 0 Å². The Bertz CT molecular complexity index is 354. The van der Waals surface area contributed by atoms with Gasteiger partial charge in [0.15, 0.2) is 0 Å². The van der Waals surface area contributed by atoms with Gasteiger partial charge >= 0.3 is 0 Å². The molecule has 1 aliphatic rings. The molecule has 0 bridgehead atoms. The second kappa shape index (κ2) is 3.93. The van der Waals surface area contributed by atoms with Crippen LogP contribution in [0, 0.1) is 12.7 Å². The van der Waals surface area contributed by atoms with Crippen molar-refractivity contribution in [1.82, 2.24) is 5.32 Å². The van der Waals surface area contributed by atoms with Gasteiger partial charge in [-0.15, -0.1) is 0 Å². The van der Waals surface area contributed by atoms with Crippen LogP contribution in [0.25, 0.3) is 0 Å². The van der Waals surface area contributed by atoms with E-state index >= 15 is 0 Å². The van der Waals surface area contributed by atoms with Crippen LogP contribution in [0.1, 0.15) is 37.3 Å². The normalized spacial score (nSPS) is 25.8. The third-order valence-electron chi connectivity index (χ3n) is 3.57. The first-order chi connectivity index (χ1) is 7.18. The number of hydrogen-bond acceptors (Lipinski definition) is 1. The zero-order valence-electron chi connectivity index (χ0n) is 9.44. The molecule has 1 fully saturated rings. The molecule has 15 heavy (non-hydrogen) atoms. The minimum atomic E-state index is -0.0889. The van der Waals surface area contributed by atoms with Crippen LogP contribution in [0.3, 0.4) is 0 Å². The topological polar surface area (TPSA) is 12.0 Å². The van der Waals surface area contributed by atoms with Crippen LogP contribution in [-0.2, 0) is 5.54 Å². The minimum Gasteiger partial charge on any atom is -0.307 e. The maximum Gasteiger partial charge on any atom is 0.126 e. The van der Waals surface area contributed by atoms with E-state index in [9.17, 15) is 4.39 Å². The molecule has 1 N–H and O–H groups in total. The molecule has 1 saturated heterocycles. The molecule has 1 aliphatic heterocycles. The Labute approximate surface area is 90.7 Å². The van der Waals surface area contributed by atoms with Crippen LogP contribution in [0.5, 0.6) is 0 Å². The van der Waals surface area contributed by atoms with E-state index in [4.69, 9.17) is 0 Å². The molecule has 1 nitrogen and oxygen atoms in total. The fourth-order valence-corrected chi connectivity index (χ4v) is 2.45. The van der Waals surface area contributed by atoms with Crippen molar-refractivity contribution >= 4 is 0 Å². The maximum atomic E-state index is 13.5. The lowest BCUT2D eigenvalue weighted by Gasteiger charge is -2.29. The summed E-state index contributed by atoms with van der Waals surface area (Å²) in [7, 11) is 0. The summed E-state index contributed by atoms with van der Waals surface area (Å²) in [6.45, 7) is 5.01. The molecule has 0 spiro atoms. The van der Waals surface area contributed by atoms with Gasteiger partial charge in [-0.05, 0) is 49.9 Å². The van der Waals surface area contributed by atoms with E-state index in [1.807, 2.05) is 6.07 Å². The van der Waals surface area contributed by atoms with Crippen molar-refractivity contribution in [2.24, 2.45) is 0 Å². The first-order valence-electron chi connectivity index (χ1n) is 5.69. The van der Waals surface area contributed by atoms with Gasteiger partial charge in [0, 0.05) is 5.54 Å². The van der Waals surface area contributed by atoms with Crippen molar-refractivity contribution < 1.29 is 4.39 Å². The van der Waals surface area contributed by atoms with Gasteiger partial charge in [-0.2, -0.15) is 0 Å². The number of benzene rings is 1. The fourth-order valence-electron chi connectivity index (χ4n) is 2.45. The van der Waals surface area contributed by atoms with E-state index in [0.717, 1.165) is 30.5 Å². The van der Waals surface area contributed by atoms with Gasteiger partial charge in [-0.25, -0.2) is 4.39 Å². The summed E-state index contributed by atoms with van der Waals surface area (Å²) in [6.07, 6.45) is 3.32. The molecular weight excluding hydrogens is 189 g/mol. The van der Waals surface area contributed by atoms with E-state index in [2.05, 4.69) is 18.3 Å². The van der Waals surface area contributed by atoms with Gasteiger partial charge in [0.05, 0.1) is 0 Å². The fraction of sp³-hybridized carbons (Fsp3) is 0.538. The summed E-state index contributed by atoms with van der Waals surface area (Å²) >= 11 is 0. The number of rotatable bonds is 2. The number of nitrogens with one attached hydrogen (secondary N) is 1. The van der Waals surface area contributed by atoms with Crippen LogP contribution >= 0.6 is 0 Å². The van der Waals surface area contributed by atoms with Crippen molar-refractivity contribution in [3.05, 3.63) is 35.1 Å². The molecule has 0 aromatic heterocycles. The Morgan fingerprint density at radius 2 is 2.27 bits per heavy atom. The van der Waals surface area contributed by atoms with Crippen LogP contribution in [-0.4, -0.2) is 6.54 Å². The van der Waals surface area contributed by atoms with Crippen molar-refractivity contribution in [3.63, 3.8) is 0 Å². The molecule has 0 saturated carbocycles. The standard InChI is InChI=1S/C13H18FN/c1-3-13(7-4-8-15-13)11-6-5-10(2)12(14)9-11/h5-6,9,15H,3-4,7-8H2,1-2H3. The van der Waals surface area contributed by atoms with E-state index in [-0.39, 0.29) is 11.4 Å². The third-order valence-corrected chi connectivity index (χ3v) is 3.57. The van der Waals surface area contributed by atoms with Crippen LogP contribution in [0.4, 0.5) is 4.39 Å². The zero-order chi connectivity index (χ0) is 10.9. The van der Waals surface area contributed by atoms with Crippen LogP contribution < -0.4 is 5.32 Å². The Kier molecular flexibility index (Phi) is 2.79. The van der Waals surface area contributed by atoms with Gasteiger partial charge in [0.2, 0.25) is 0 Å². The third kappa shape index (κ3) is 1.78. The van der Waals surface area contributed by atoms with Crippen molar-refractivity contribution in [2.45, 2.75) is 38.6 Å². The highest BCUT2D eigenvalue weighted by Crippen LogP contribution is 2.34. The highest BCUT2D eigenvalue weighted by atomic mass is 19.1. The summed E-state index contributed by atoms with van der Waals surface area (Å²) in [5, 5.41) is 3.52. The first kappa shape index (κ1) is 10.6. The van der Waals surface area contributed by atoms with Gasteiger partial charge in [-0.3, -0.25) is 0 Å². The van der Waals surface area contributed by atoms with E-state index in [0.29, 0.717) is 0 Å². The Morgan fingerprint density at radius 1 is 1.47 bits per heavy atom. The summed E-state index contributed by atoms with van der Waals surface area (Å²) in [5.41, 5.74) is 1.85. The summed E-state index contributed by atoms with van der Waals surface area (Å²) in [6, 6.07) is 5.62. The van der Waals surface area contributed by atoms with E-state index in [1.165, 1.54) is 6.42 Å². The van der Waals surface area contributed by atoms with Gasteiger partial charge in [0.25, 0.3) is 0 Å². The first-order valence-corrected chi connectivity index (χ1v) is 5.69. The number of aryl methyl sites for hydroxylation is 1. The Morgan fingerprint density at radius 3 is 2.80 bits per heavy atom. The van der Waals surface area contributed by atoms with Crippen LogP contribution in [0.2, 0.25) is 0 Å². The number of halogens is 1. The summed E-state index contributed by atoms with van der Waals surface area (Å²) in [5.74, 6) is -0.0889. The lowest BCUT2D eigenvalue weighted by Crippen LogP contribution is -2.36. The molecule has 1 aromatic carbocycles. The predicted octanol–water partition coefficient (Wildman–Crippen LogP) is 3.12. The Balaban J connectivity index is 2.38. The average Bonchev–Trinajstić information content (AvgIpc) is 2.72. The van der Waals surface area contributed by atoms with Gasteiger partial charge in [-0.1, -0.05) is 19.1 Å². The summed E-state index contributed by atoms with van der Waals surface area (Å²) < 4.78 is 13.5. The lowest BCUT2D eigenvalue weighted by molar-refractivity contribution is 0.374. The van der Waals surface area contributed by atoms with Crippen molar-refractivity contribution in [2.75, 3.05) is 6.54 Å². The molecule has 2 heteroatoms. The monoisotopic (exact) mass is 207 g/mol. The molecule has 0 radical (unpaired) electrons.